The molecule has 0 fully saturated rings. The molecule has 0 spiro atoms. The normalized spacial score (nSPS) is 19.0. The van der Waals surface area contributed by atoms with Gasteiger partial charge in [-0.2, -0.15) is 5.10 Å². The summed E-state index contributed by atoms with van der Waals surface area (Å²) in [5.74, 6) is -0.359. The minimum absolute atomic E-state index is 0.0526. The third-order valence-electron chi connectivity index (χ3n) is 8.82. The number of amides is 2. The Morgan fingerprint density at radius 3 is 2.72 bits per heavy atom. The average molecular weight is 673 g/mol. The molecule has 2 atom stereocenters. The zero-order chi connectivity index (χ0) is 33.1. The maximum atomic E-state index is 13.9. The largest absolute Gasteiger partial charge is 0.360 e. The second kappa shape index (κ2) is 13.9. The number of carbonyl (C=O) groups is 2. The molecule has 246 valence electrons. The van der Waals surface area contributed by atoms with Gasteiger partial charge in [0.15, 0.2) is 0 Å². The molecule has 0 saturated heterocycles. The lowest BCUT2D eigenvalue weighted by Crippen LogP contribution is -2.38. The highest BCUT2D eigenvalue weighted by Gasteiger charge is 2.31. The maximum Gasteiger partial charge on any atom is 0.247 e. The van der Waals surface area contributed by atoms with E-state index >= 15 is 0 Å². The Labute approximate surface area is 281 Å². The molecule has 5 heterocycles. The maximum absolute atomic E-state index is 13.9. The zero-order valence-corrected chi connectivity index (χ0v) is 29.1. The van der Waals surface area contributed by atoms with Crippen LogP contribution in [0.1, 0.15) is 49.9 Å². The van der Waals surface area contributed by atoms with E-state index in [9.17, 15) is 9.59 Å². The van der Waals surface area contributed by atoms with Crippen LogP contribution in [0.4, 0.5) is 5.69 Å². The van der Waals surface area contributed by atoms with E-state index in [2.05, 4.69) is 40.4 Å². The number of anilines is 1. The summed E-state index contributed by atoms with van der Waals surface area (Å²) in [6.07, 6.45) is 11.3. The van der Waals surface area contributed by atoms with Crippen molar-refractivity contribution in [1.29, 1.82) is 0 Å². The topological polar surface area (TPSA) is 120 Å². The van der Waals surface area contributed by atoms with Crippen LogP contribution in [0.2, 0.25) is 30.7 Å². The number of pyridine rings is 1. The van der Waals surface area contributed by atoms with Gasteiger partial charge in [-0.25, -0.2) is 9.36 Å². The molecule has 2 unspecified atom stereocenters. The Morgan fingerprint density at radius 2 is 1.96 bits per heavy atom. The lowest BCUT2D eigenvalue weighted by atomic mass is 9.93. The molecule has 11 nitrogen and oxygen atoms in total. The van der Waals surface area contributed by atoms with Gasteiger partial charge >= 0.3 is 0 Å². The van der Waals surface area contributed by atoms with Crippen LogP contribution in [0, 0.1) is 5.92 Å². The average Bonchev–Trinajstić information content (AvgIpc) is 3.71. The second-order valence-electron chi connectivity index (χ2n) is 13.5. The number of halogens is 1. The van der Waals surface area contributed by atoms with Crippen molar-refractivity contribution in [3.8, 4) is 16.9 Å². The first-order valence-electron chi connectivity index (χ1n) is 16.2. The van der Waals surface area contributed by atoms with Gasteiger partial charge < -0.3 is 15.0 Å². The molecule has 3 aromatic heterocycles. The lowest BCUT2D eigenvalue weighted by Gasteiger charge is -2.34. The highest BCUT2D eigenvalue weighted by molar-refractivity contribution is 6.76. The van der Waals surface area contributed by atoms with E-state index in [0.29, 0.717) is 43.1 Å². The number of fused-ring (bicyclic) bond motifs is 4. The monoisotopic (exact) mass is 672 g/mol. The number of carbonyl (C=O) groups excluding carboxylic acids is 2. The highest BCUT2D eigenvalue weighted by Crippen LogP contribution is 2.37. The fourth-order valence-electron chi connectivity index (χ4n) is 6.13. The first kappa shape index (κ1) is 32.8. The summed E-state index contributed by atoms with van der Waals surface area (Å²) >= 11 is 6.41. The molecule has 4 aromatic rings. The number of nitrogens with zero attached hydrogens (tertiary/aromatic N) is 7. The fraction of sp³-hybridized carbons (Fsp3) is 0.412. The summed E-state index contributed by atoms with van der Waals surface area (Å²) in [7, 11) is -1.25. The van der Waals surface area contributed by atoms with Crippen molar-refractivity contribution in [1.82, 2.24) is 34.7 Å². The van der Waals surface area contributed by atoms with Gasteiger partial charge in [0.1, 0.15) is 6.73 Å². The summed E-state index contributed by atoms with van der Waals surface area (Å²) in [5.41, 5.74) is 5.60. The van der Waals surface area contributed by atoms with E-state index < -0.39 is 8.07 Å². The summed E-state index contributed by atoms with van der Waals surface area (Å²) in [6, 6.07) is 10.3. The summed E-state index contributed by atoms with van der Waals surface area (Å²) in [4.78, 5) is 33.9. The van der Waals surface area contributed by atoms with E-state index in [1.165, 1.54) is 0 Å². The minimum Gasteiger partial charge on any atom is -0.360 e. The van der Waals surface area contributed by atoms with Crippen molar-refractivity contribution in [2.45, 2.75) is 71.1 Å². The third kappa shape index (κ3) is 7.55. The first-order valence-corrected chi connectivity index (χ1v) is 20.2. The molecule has 2 bridgehead atoms. The van der Waals surface area contributed by atoms with E-state index in [1.807, 2.05) is 36.1 Å². The predicted octanol–water partition coefficient (Wildman–Crippen LogP) is 6.61. The zero-order valence-electron chi connectivity index (χ0n) is 27.3. The number of aromatic nitrogens is 6. The molecule has 2 aliphatic rings. The fourth-order valence-corrected chi connectivity index (χ4v) is 7.06. The quantitative estimate of drug-likeness (QED) is 0.165. The molecule has 0 saturated carbocycles. The van der Waals surface area contributed by atoms with Crippen LogP contribution < -0.4 is 5.32 Å². The standard InChI is InChI=1S/C34H41ClN8O3Si/c1-23-6-5-7-31(41-14-11-24(19-32(41)44)27-20-26(35)8-9-30(27)42-15-13-37-40-42)28-18-25(10-12-36-28)33-29(39-34(23)45)21-38-43(33)22-46-16-17-47(2,3)4/h8-10,12-13,15,18-21,23,31H,5-7,11,14,16-17,22H2,1-4H3,(H,39,45). The number of rotatable bonds is 8. The van der Waals surface area contributed by atoms with Gasteiger partial charge in [0.05, 0.1) is 47.4 Å². The van der Waals surface area contributed by atoms with E-state index in [0.717, 1.165) is 46.2 Å². The van der Waals surface area contributed by atoms with Crippen molar-refractivity contribution in [2.75, 3.05) is 18.5 Å². The Kier molecular flexibility index (Phi) is 9.71. The van der Waals surface area contributed by atoms with Crippen molar-refractivity contribution < 1.29 is 14.3 Å². The summed E-state index contributed by atoms with van der Waals surface area (Å²) in [6.45, 7) is 10.3. The van der Waals surface area contributed by atoms with Gasteiger partial charge in [-0.1, -0.05) is 49.8 Å². The first-order chi connectivity index (χ1) is 22.6. The SMILES string of the molecule is CC1CCCC(N2CCC(c3cc(Cl)ccc3-n3ccnn3)=CC2=O)c2cc(ccn2)-c2c(cnn2COCC[Si](C)(C)C)NC1=O. The molecule has 47 heavy (non-hydrogen) atoms. The van der Waals surface area contributed by atoms with Gasteiger partial charge in [0.2, 0.25) is 11.8 Å². The van der Waals surface area contributed by atoms with Crippen molar-refractivity contribution in [3.63, 3.8) is 0 Å². The van der Waals surface area contributed by atoms with Crippen LogP contribution >= 0.6 is 11.6 Å². The second-order valence-corrected chi connectivity index (χ2v) is 19.6. The Bertz CT molecular complexity index is 1780. The lowest BCUT2D eigenvalue weighted by molar-refractivity contribution is -0.129. The van der Waals surface area contributed by atoms with Crippen LogP contribution in [-0.4, -0.2) is 67.7 Å². The van der Waals surface area contributed by atoms with Crippen LogP contribution in [0.15, 0.2) is 61.2 Å². The number of hydrogen-bond donors (Lipinski definition) is 1. The van der Waals surface area contributed by atoms with Crippen LogP contribution in [0.3, 0.4) is 0 Å². The number of benzene rings is 1. The predicted molar refractivity (Wildman–Crippen MR) is 185 cm³/mol. The Balaban J connectivity index is 1.32. The number of ether oxygens (including phenoxy) is 1. The van der Waals surface area contributed by atoms with Gasteiger partial charge in [-0.3, -0.25) is 14.6 Å². The van der Waals surface area contributed by atoms with E-state index in [-0.39, 0.29) is 30.5 Å². The van der Waals surface area contributed by atoms with Crippen LogP contribution in [0.25, 0.3) is 22.5 Å². The van der Waals surface area contributed by atoms with Gasteiger partial charge in [0.25, 0.3) is 0 Å². The molecule has 2 amide bonds. The van der Waals surface area contributed by atoms with Gasteiger partial charge in [0, 0.05) is 55.6 Å². The molecule has 0 aliphatic carbocycles. The Hall–Kier alpha value is -4.13. The highest BCUT2D eigenvalue weighted by atomic mass is 35.5. The van der Waals surface area contributed by atoms with Gasteiger partial charge in [-0.15, -0.1) is 5.10 Å². The molecule has 13 heteroatoms. The van der Waals surface area contributed by atoms with E-state index in [4.69, 9.17) is 21.3 Å². The summed E-state index contributed by atoms with van der Waals surface area (Å²) < 4.78 is 9.53. The molecule has 2 aliphatic heterocycles. The van der Waals surface area contributed by atoms with Crippen LogP contribution in [0.5, 0.6) is 0 Å². The van der Waals surface area contributed by atoms with Crippen molar-refractivity contribution >= 4 is 42.7 Å². The molecule has 0 radical (unpaired) electrons. The van der Waals surface area contributed by atoms with Crippen LogP contribution in [-0.2, 0) is 21.1 Å². The van der Waals surface area contributed by atoms with Crippen molar-refractivity contribution in [2.24, 2.45) is 5.92 Å². The summed E-state index contributed by atoms with van der Waals surface area (Å²) in [5, 5.41) is 16.4. The number of nitrogens with one attached hydrogen (secondary N) is 1. The van der Waals surface area contributed by atoms with E-state index in [1.54, 1.807) is 46.3 Å². The smallest absolute Gasteiger partial charge is 0.247 e. The van der Waals surface area contributed by atoms with Crippen molar-refractivity contribution in [3.05, 3.63) is 77.5 Å². The number of hydrogen-bond acceptors (Lipinski definition) is 7. The molecule has 6 rings (SSSR count). The minimum atomic E-state index is -1.25. The molecular weight excluding hydrogens is 632 g/mol. The van der Waals surface area contributed by atoms with Gasteiger partial charge in [-0.05, 0) is 61.2 Å². The molecule has 1 aromatic carbocycles. The Morgan fingerprint density at radius 1 is 1.11 bits per heavy atom. The third-order valence-corrected chi connectivity index (χ3v) is 10.8. The molecule has 1 N–H and O–H groups in total. The molecular formula is C34H41ClN8O3Si.